The van der Waals surface area contributed by atoms with E-state index in [0.717, 1.165) is 17.9 Å². The number of pyridine rings is 1. The van der Waals surface area contributed by atoms with Gasteiger partial charge in [-0.2, -0.15) is 0 Å². The van der Waals surface area contributed by atoms with Crippen molar-refractivity contribution in [2.24, 2.45) is 0 Å². The van der Waals surface area contributed by atoms with Crippen molar-refractivity contribution in [2.75, 3.05) is 27.2 Å². The first-order chi connectivity index (χ1) is 9.04. The molecule has 0 bridgehead atoms. The normalized spacial score (nSPS) is 11.2. The van der Waals surface area contributed by atoms with Crippen molar-refractivity contribution >= 4 is 11.6 Å². The number of hydrogen-bond acceptors (Lipinski definition) is 3. The molecule has 0 saturated heterocycles. The summed E-state index contributed by atoms with van der Waals surface area (Å²) in [7, 11) is 3.97. The lowest BCUT2D eigenvalue weighted by Gasteiger charge is -2.09. The number of aryl methyl sites for hydroxylation is 1. The SMILES string of the molecule is Cc1ccn2cc(CC(=O)NCCN(C)C)nc2c1. The number of nitrogens with zero attached hydrogens (tertiary/aromatic N) is 3. The van der Waals surface area contributed by atoms with Crippen molar-refractivity contribution in [1.29, 1.82) is 0 Å². The highest BCUT2D eigenvalue weighted by Crippen LogP contribution is 2.08. The first kappa shape index (κ1) is 13.5. The molecular weight excluding hydrogens is 240 g/mol. The van der Waals surface area contributed by atoms with Crippen LogP contribution in [0.1, 0.15) is 11.3 Å². The van der Waals surface area contributed by atoms with Gasteiger partial charge in [0, 0.05) is 25.5 Å². The maximum absolute atomic E-state index is 11.8. The van der Waals surface area contributed by atoms with E-state index in [-0.39, 0.29) is 5.91 Å². The van der Waals surface area contributed by atoms with Gasteiger partial charge in [0.1, 0.15) is 5.65 Å². The van der Waals surface area contributed by atoms with Gasteiger partial charge in [-0.15, -0.1) is 0 Å². The molecule has 0 aliphatic carbocycles. The quantitative estimate of drug-likeness (QED) is 0.867. The van der Waals surface area contributed by atoms with Crippen LogP contribution in [-0.2, 0) is 11.2 Å². The number of hydrogen-bond donors (Lipinski definition) is 1. The highest BCUT2D eigenvalue weighted by atomic mass is 16.1. The maximum Gasteiger partial charge on any atom is 0.226 e. The van der Waals surface area contributed by atoms with Gasteiger partial charge in [-0.05, 0) is 38.7 Å². The molecule has 19 heavy (non-hydrogen) atoms. The molecule has 0 aromatic carbocycles. The number of nitrogens with one attached hydrogen (secondary N) is 1. The first-order valence-electron chi connectivity index (χ1n) is 6.40. The van der Waals surface area contributed by atoms with Crippen LogP contribution in [0.4, 0.5) is 0 Å². The summed E-state index contributed by atoms with van der Waals surface area (Å²) in [6.45, 7) is 3.54. The van der Waals surface area contributed by atoms with E-state index in [0.29, 0.717) is 13.0 Å². The average molecular weight is 260 g/mol. The summed E-state index contributed by atoms with van der Waals surface area (Å²) in [5.74, 6) is 0.0157. The first-order valence-corrected chi connectivity index (χ1v) is 6.40. The maximum atomic E-state index is 11.8. The van der Waals surface area contributed by atoms with Gasteiger partial charge in [0.05, 0.1) is 12.1 Å². The Kier molecular flexibility index (Phi) is 4.16. The van der Waals surface area contributed by atoms with Crippen LogP contribution in [0.5, 0.6) is 0 Å². The molecule has 2 aromatic rings. The number of amides is 1. The van der Waals surface area contributed by atoms with Crippen LogP contribution in [0.2, 0.25) is 0 Å². The molecular formula is C14H20N4O. The van der Waals surface area contributed by atoms with Crippen LogP contribution in [0.3, 0.4) is 0 Å². The lowest BCUT2D eigenvalue weighted by Crippen LogP contribution is -2.32. The summed E-state index contributed by atoms with van der Waals surface area (Å²) in [6.07, 6.45) is 4.19. The minimum absolute atomic E-state index is 0.0157. The van der Waals surface area contributed by atoms with Crippen molar-refractivity contribution in [3.8, 4) is 0 Å². The van der Waals surface area contributed by atoms with Crippen LogP contribution in [0, 0.1) is 6.92 Å². The molecule has 102 valence electrons. The fourth-order valence-corrected chi connectivity index (χ4v) is 1.87. The fraction of sp³-hybridized carbons (Fsp3) is 0.429. The average Bonchev–Trinajstić information content (AvgIpc) is 2.69. The lowest BCUT2D eigenvalue weighted by atomic mass is 10.3. The van der Waals surface area contributed by atoms with Crippen molar-refractivity contribution in [1.82, 2.24) is 19.6 Å². The Morgan fingerprint density at radius 3 is 3.00 bits per heavy atom. The summed E-state index contributed by atoms with van der Waals surface area (Å²) in [6, 6.07) is 4.03. The van der Waals surface area contributed by atoms with Gasteiger partial charge >= 0.3 is 0 Å². The second kappa shape index (κ2) is 5.84. The third-order valence-corrected chi connectivity index (χ3v) is 2.89. The Hall–Kier alpha value is -1.88. The molecule has 0 spiro atoms. The molecule has 0 unspecified atom stereocenters. The molecule has 0 aliphatic rings. The minimum Gasteiger partial charge on any atom is -0.354 e. The van der Waals surface area contributed by atoms with Gasteiger partial charge in [0.25, 0.3) is 0 Å². The van der Waals surface area contributed by atoms with E-state index in [4.69, 9.17) is 0 Å². The molecule has 5 heteroatoms. The Balaban J connectivity index is 1.95. The van der Waals surface area contributed by atoms with E-state index >= 15 is 0 Å². The topological polar surface area (TPSA) is 49.6 Å². The summed E-state index contributed by atoms with van der Waals surface area (Å²) in [5.41, 5.74) is 2.85. The number of imidazole rings is 1. The molecule has 2 rings (SSSR count). The predicted octanol–water partition coefficient (Wildman–Crippen LogP) is 0.863. The number of carbonyl (C=O) groups is 1. The van der Waals surface area contributed by atoms with Gasteiger partial charge in [0.2, 0.25) is 5.91 Å². The van der Waals surface area contributed by atoms with E-state index in [9.17, 15) is 4.79 Å². The molecule has 0 fully saturated rings. The predicted molar refractivity (Wildman–Crippen MR) is 75.2 cm³/mol. The van der Waals surface area contributed by atoms with Gasteiger partial charge in [-0.1, -0.05) is 0 Å². The van der Waals surface area contributed by atoms with Crippen molar-refractivity contribution in [3.05, 3.63) is 35.8 Å². The number of carbonyl (C=O) groups excluding carboxylic acids is 1. The van der Waals surface area contributed by atoms with Crippen LogP contribution in [-0.4, -0.2) is 47.4 Å². The number of rotatable bonds is 5. The van der Waals surface area contributed by atoms with Crippen LogP contribution in [0.25, 0.3) is 5.65 Å². The van der Waals surface area contributed by atoms with E-state index in [1.165, 1.54) is 5.56 Å². The monoisotopic (exact) mass is 260 g/mol. The number of likely N-dealkylation sites (N-methyl/N-ethyl adjacent to an activating group) is 1. The van der Waals surface area contributed by atoms with Gasteiger partial charge in [-0.3, -0.25) is 4.79 Å². The summed E-state index contributed by atoms with van der Waals surface area (Å²) >= 11 is 0. The summed E-state index contributed by atoms with van der Waals surface area (Å²) in [5, 5.41) is 2.89. The van der Waals surface area contributed by atoms with Gasteiger partial charge < -0.3 is 14.6 Å². The molecule has 2 aromatic heterocycles. The van der Waals surface area contributed by atoms with Crippen LogP contribution >= 0.6 is 0 Å². The van der Waals surface area contributed by atoms with E-state index in [2.05, 4.69) is 10.3 Å². The van der Waals surface area contributed by atoms with Crippen LogP contribution in [0.15, 0.2) is 24.5 Å². The zero-order chi connectivity index (χ0) is 13.8. The molecule has 2 heterocycles. The van der Waals surface area contributed by atoms with Crippen molar-refractivity contribution in [2.45, 2.75) is 13.3 Å². The Labute approximate surface area is 113 Å². The highest BCUT2D eigenvalue weighted by molar-refractivity contribution is 5.78. The van der Waals surface area contributed by atoms with E-state index in [1.807, 2.05) is 54.8 Å². The van der Waals surface area contributed by atoms with Gasteiger partial charge in [0.15, 0.2) is 0 Å². The number of fused-ring (bicyclic) bond motifs is 1. The van der Waals surface area contributed by atoms with E-state index < -0.39 is 0 Å². The Bertz CT molecular complexity index is 574. The highest BCUT2D eigenvalue weighted by Gasteiger charge is 2.07. The molecule has 0 radical (unpaired) electrons. The molecule has 1 N–H and O–H groups in total. The van der Waals surface area contributed by atoms with Crippen molar-refractivity contribution in [3.63, 3.8) is 0 Å². The largest absolute Gasteiger partial charge is 0.354 e. The lowest BCUT2D eigenvalue weighted by molar-refractivity contribution is -0.120. The Morgan fingerprint density at radius 2 is 2.26 bits per heavy atom. The van der Waals surface area contributed by atoms with Crippen LogP contribution < -0.4 is 5.32 Å². The smallest absolute Gasteiger partial charge is 0.226 e. The zero-order valence-corrected chi connectivity index (χ0v) is 11.7. The molecule has 5 nitrogen and oxygen atoms in total. The molecule has 0 atom stereocenters. The number of aromatic nitrogens is 2. The molecule has 1 amide bonds. The fourth-order valence-electron chi connectivity index (χ4n) is 1.87. The summed E-state index contributed by atoms with van der Waals surface area (Å²) < 4.78 is 1.94. The van der Waals surface area contributed by atoms with E-state index in [1.54, 1.807) is 0 Å². The van der Waals surface area contributed by atoms with Gasteiger partial charge in [-0.25, -0.2) is 4.98 Å². The zero-order valence-electron chi connectivity index (χ0n) is 11.7. The third kappa shape index (κ3) is 3.79. The van der Waals surface area contributed by atoms with Crippen molar-refractivity contribution < 1.29 is 4.79 Å². The standard InChI is InChI=1S/C14H20N4O/c1-11-4-6-18-10-12(16-13(18)8-11)9-14(19)15-5-7-17(2)3/h4,6,8,10H,5,7,9H2,1-3H3,(H,15,19). The minimum atomic E-state index is 0.0157. The second-order valence-corrected chi connectivity index (χ2v) is 5.03. The summed E-state index contributed by atoms with van der Waals surface area (Å²) in [4.78, 5) is 18.2. The second-order valence-electron chi connectivity index (χ2n) is 5.03. The molecule has 0 aliphatic heterocycles. The third-order valence-electron chi connectivity index (χ3n) is 2.89. The Morgan fingerprint density at radius 1 is 1.47 bits per heavy atom. The molecule has 0 saturated carbocycles.